The van der Waals surface area contributed by atoms with E-state index >= 15 is 0 Å². The summed E-state index contributed by atoms with van der Waals surface area (Å²) in [6.45, 7) is 5.28. The molecule has 1 aromatic rings. The lowest BCUT2D eigenvalue weighted by Gasteiger charge is -2.26. The van der Waals surface area contributed by atoms with Crippen LogP contribution in [0.1, 0.15) is 26.3 Å². The number of halogens is 2. The van der Waals surface area contributed by atoms with Crippen LogP contribution in [-0.4, -0.2) is 5.91 Å². The van der Waals surface area contributed by atoms with Crippen LogP contribution in [0.4, 0.5) is 0 Å². The van der Waals surface area contributed by atoms with Crippen molar-refractivity contribution in [1.82, 2.24) is 5.32 Å². The second-order valence-electron chi connectivity index (χ2n) is 3.96. The minimum Gasteiger partial charge on any atom is -0.347 e. The molecule has 0 aliphatic carbocycles. The molecule has 0 fully saturated rings. The zero-order valence-electron chi connectivity index (χ0n) is 8.90. The molecule has 0 heterocycles. The molecule has 82 valence electrons. The second kappa shape index (κ2) is 4.42. The van der Waals surface area contributed by atoms with Crippen LogP contribution in [-0.2, 0) is 10.3 Å². The van der Waals surface area contributed by atoms with E-state index in [4.69, 9.17) is 23.2 Å². The molecule has 0 unspecified atom stereocenters. The summed E-state index contributed by atoms with van der Waals surface area (Å²) in [5.74, 6) is -0.0869. The Morgan fingerprint density at radius 3 is 2.07 bits per heavy atom. The molecule has 1 N–H and O–H groups in total. The van der Waals surface area contributed by atoms with Gasteiger partial charge in [-0.2, -0.15) is 0 Å². The van der Waals surface area contributed by atoms with Crippen molar-refractivity contribution in [1.29, 1.82) is 0 Å². The van der Waals surface area contributed by atoms with Crippen LogP contribution < -0.4 is 5.32 Å². The van der Waals surface area contributed by atoms with Gasteiger partial charge in [0.05, 0.1) is 5.54 Å². The topological polar surface area (TPSA) is 29.1 Å². The minimum atomic E-state index is -0.472. The van der Waals surface area contributed by atoms with Crippen molar-refractivity contribution < 1.29 is 4.79 Å². The second-order valence-corrected chi connectivity index (χ2v) is 4.84. The van der Waals surface area contributed by atoms with E-state index in [2.05, 4.69) is 5.32 Å². The van der Waals surface area contributed by atoms with E-state index in [1.165, 1.54) is 6.92 Å². The van der Waals surface area contributed by atoms with Gasteiger partial charge in [-0.15, -0.1) is 0 Å². The summed E-state index contributed by atoms with van der Waals surface area (Å²) in [5.41, 5.74) is 0.413. The molecule has 4 heteroatoms. The van der Waals surface area contributed by atoms with Crippen LogP contribution in [0.5, 0.6) is 0 Å². The average Bonchev–Trinajstić information content (AvgIpc) is 1.99. The van der Waals surface area contributed by atoms with E-state index in [1.54, 1.807) is 18.2 Å². The number of hydrogen-bond acceptors (Lipinski definition) is 1. The van der Waals surface area contributed by atoms with E-state index in [-0.39, 0.29) is 5.91 Å². The van der Waals surface area contributed by atoms with Crippen molar-refractivity contribution in [2.45, 2.75) is 26.3 Å². The summed E-state index contributed by atoms with van der Waals surface area (Å²) >= 11 is 11.8. The lowest BCUT2D eigenvalue weighted by atomic mass is 9.94. The first-order chi connectivity index (χ1) is 6.81. The van der Waals surface area contributed by atoms with Crippen LogP contribution in [0.25, 0.3) is 0 Å². The van der Waals surface area contributed by atoms with Gasteiger partial charge >= 0.3 is 0 Å². The van der Waals surface area contributed by atoms with Crippen LogP contribution in [0.3, 0.4) is 0 Å². The molecule has 0 bridgehead atoms. The van der Waals surface area contributed by atoms with Gasteiger partial charge in [0.25, 0.3) is 0 Å². The van der Waals surface area contributed by atoms with Crippen molar-refractivity contribution in [3.8, 4) is 0 Å². The largest absolute Gasteiger partial charge is 0.347 e. The Hall–Kier alpha value is -0.730. The highest BCUT2D eigenvalue weighted by atomic mass is 35.5. The first-order valence-electron chi connectivity index (χ1n) is 4.56. The maximum Gasteiger partial charge on any atom is 0.217 e. The lowest BCUT2D eigenvalue weighted by Crippen LogP contribution is -2.39. The zero-order valence-corrected chi connectivity index (χ0v) is 10.4. The Balaban J connectivity index is 3.08. The molecule has 0 saturated carbocycles. The number of amides is 1. The smallest absolute Gasteiger partial charge is 0.217 e. The third-order valence-corrected chi connectivity index (χ3v) is 2.51. The highest BCUT2D eigenvalue weighted by Gasteiger charge is 2.21. The Morgan fingerprint density at radius 2 is 1.67 bits per heavy atom. The molecule has 0 aliphatic heterocycles. The van der Waals surface area contributed by atoms with Crippen molar-refractivity contribution in [2.24, 2.45) is 0 Å². The molecule has 2 nitrogen and oxygen atoms in total. The monoisotopic (exact) mass is 245 g/mol. The normalized spacial score (nSPS) is 11.3. The van der Waals surface area contributed by atoms with Gasteiger partial charge in [-0.3, -0.25) is 4.79 Å². The van der Waals surface area contributed by atoms with Crippen molar-refractivity contribution in [3.05, 3.63) is 33.8 Å². The van der Waals surface area contributed by atoms with Crippen LogP contribution in [0.2, 0.25) is 10.0 Å². The molecular formula is C11H13Cl2NO. The predicted molar refractivity (Wildman–Crippen MR) is 63.3 cm³/mol. The lowest BCUT2D eigenvalue weighted by molar-refractivity contribution is -0.120. The van der Waals surface area contributed by atoms with Gasteiger partial charge in [0.1, 0.15) is 0 Å². The number of hydrogen-bond donors (Lipinski definition) is 1. The molecule has 15 heavy (non-hydrogen) atoms. The third kappa shape index (κ3) is 3.40. The van der Waals surface area contributed by atoms with Gasteiger partial charge in [-0.1, -0.05) is 23.2 Å². The summed E-state index contributed by atoms with van der Waals surface area (Å²) < 4.78 is 0. The van der Waals surface area contributed by atoms with Crippen LogP contribution in [0, 0.1) is 0 Å². The van der Waals surface area contributed by atoms with Gasteiger partial charge in [0.15, 0.2) is 0 Å². The molecule has 1 amide bonds. The highest BCUT2D eigenvalue weighted by Crippen LogP contribution is 2.27. The first-order valence-corrected chi connectivity index (χ1v) is 5.32. The molecule has 0 aliphatic rings. The third-order valence-electron chi connectivity index (χ3n) is 2.07. The number of benzene rings is 1. The summed E-state index contributed by atoms with van der Waals surface area (Å²) in [6, 6.07) is 5.25. The average molecular weight is 246 g/mol. The fraction of sp³-hybridized carbons (Fsp3) is 0.364. The fourth-order valence-corrected chi connectivity index (χ4v) is 1.95. The summed E-state index contributed by atoms with van der Waals surface area (Å²) in [7, 11) is 0. The van der Waals surface area contributed by atoms with E-state index in [0.29, 0.717) is 10.0 Å². The van der Waals surface area contributed by atoms with Gasteiger partial charge in [-0.05, 0) is 37.6 Å². The van der Waals surface area contributed by atoms with Gasteiger partial charge in [0, 0.05) is 17.0 Å². The standard InChI is InChI=1S/C11H13Cl2NO/c1-7(15)14-11(2,3)8-4-9(12)6-10(13)5-8/h4-6H,1-3H3,(H,14,15). The molecule has 0 spiro atoms. The summed E-state index contributed by atoms with van der Waals surface area (Å²) in [4.78, 5) is 11.0. The maximum atomic E-state index is 11.0. The molecule has 0 radical (unpaired) electrons. The molecule has 0 atom stereocenters. The van der Waals surface area contributed by atoms with Crippen molar-refractivity contribution >= 4 is 29.1 Å². The number of rotatable bonds is 2. The Morgan fingerprint density at radius 1 is 1.20 bits per heavy atom. The number of carbonyl (C=O) groups excluding carboxylic acids is 1. The SMILES string of the molecule is CC(=O)NC(C)(C)c1cc(Cl)cc(Cl)c1. The van der Waals surface area contributed by atoms with E-state index < -0.39 is 5.54 Å². The highest BCUT2D eigenvalue weighted by molar-refractivity contribution is 6.34. The summed E-state index contributed by atoms with van der Waals surface area (Å²) in [5, 5.41) is 3.96. The predicted octanol–water partition coefficient (Wildman–Crippen LogP) is 3.36. The minimum absolute atomic E-state index is 0.0869. The van der Waals surface area contributed by atoms with Gasteiger partial charge in [0.2, 0.25) is 5.91 Å². The summed E-state index contributed by atoms with van der Waals surface area (Å²) in [6.07, 6.45) is 0. The zero-order chi connectivity index (χ0) is 11.6. The Bertz CT molecular complexity index is 368. The number of carbonyl (C=O) groups is 1. The Labute approximate surface area is 99.6 Å². The Kier molecular flexibility index (Phi) is 3.63. The van der Waals surface area contributed by atoms with Crippen molar-refractivity contribution in [3.63, 3.8) is 0 Å². The van der Waals surface area contributed by atoms with Crippen LogP contribution >= 0.6 is 23.2 Å². The van der Waals surface area contributed by atoms with Gasteiger partial charge < -0.3 is 5.32 Å². The molecule has 1 rings (SSSR count). The van der Waals surface area contributed by atoms with E-state index in [0.717, 1.165) is 5.56 Å². The molecule has 0 aromatic heterocycles. The molecular weight excluding hydrogens is 233 g/mol. The van der Waals surface area contributed by atoms with E-state index in [1.807, 2.05) is 13.8 Å². The van der Waals surface area contributed by atoms with Crippen LogP contribution in [0.15, 0.2) is 18.2 Å². The number of nitrogens with one attached hydrogen (secondary N) is 1. The molecule has 1 aromatic carbocycles. The van der Waals surface area contributed by atoms with Crippen molar-refractivity contribution in [2.75, 3.05) is 0 Å². The van der Waals surface area contributed by atoms with Gasteiger partial charge in [-0.25, -0.2) is 0 Å². The van der Waals surface area contributed by atoms with E-state index in [9.17, 15) is 4.79 Å². The fourth-order valence-electron chi connectivity index (χ4n) is 1.43. The maximum absolute atomic E-state index is 11.0. The molecule has 0 saturated heterocycles. The quantitative estimate of drug-likeness (QED) is 0.851. The first kappa shape index (κ1) is 12.3.